The van der Waals surface area contributed by atoms with Gasteiger partial charge in [0.15, 0.2) is 0 Å². The third kappa shape index (κ3) is 3.22. The molecule has 25 heavy (non-hydrogen) atoms. The molecule has 130 valence electrons. The van der Waals surface area contributed by atoms with Gasteiger partial charge in [-0.3, -0.25) is 5.32 Å². The number of carbonyl (C=O) groups excluding carboxylic acids is 1. The molecule has 0 spiro atoms. The van der Waals surface area contributed by atoms with E-state index in [1.807, 2.05) is 30.3 Å². The molecule has 4 rings (SSSR count). The van der Waals surface area contributed by atoms with Gasteiger partial charge in [-0.15, -0.1) is 0 Å². The molecule has 4 nitrogen and oxygen atoms in total. The van der Waals surface area contributed by atoms with Crippen LogP contribution in [-0.2, 0) is 16.1 Å². The largest absolute Gasteiger partial charge is 0.444 e. The first-order valence-corrected chi connectivity index (χ1v) is 8.18. The molecule has 2 aromatic carbocycles. The van der Waals surface area contributed by atoms with Crippen LogP contribution < -0.4 is 5.32 Å². The monoisotopic (exact) mass is 345 g/mol. The number of amides is 1. The lowest BCUT2D eigenvalue weighted by atomic mass is 10.1. The summed E-state index contributed by atoms with van der Waals surface area (Å²) in [5, 5.41) is 2.36. The predicted molar refractivity (Wildman–Crippen MR) is 87.1 cm³/mol. The molecule has 1 amide bonds. The zero-order valence-electron chi connectivity index (χ0n) is 13.4. The Hall–Kier alpha value is -2.47. The molecular weight excluding hydrogens is 328 g/mol. The van der Waals surface area contributed by atoms with E-state index in [-0.39, 0.29) is 35.6 Å². The van der Waals surface area contributed by atoms with E-state index in [0.717, 1.165) is 17.7 Å². The van der Waals surface area contributed by atoms with Crippen molar-refractivity contribution in [3.8, 4) is 0 Å². The Bertz CT molecular complexity index is 764. The second kappa shape index (κ2) is 6.44. The number of rotatable bonds is 4. The summed E-state index contributed by atoms with van der Waals surface area (Å²) >= 11 is 0. The van der Waals surface area contributed by atoms with Gasteiger partial charge < -0.3 is 9.47 Å². The number of carbonyl (C=O) groups is 1. The molecule has 6 heteroatoms. The number of hydrogen-bond donors (Lipinski definition) is 1. The Kier molecular flexibility index (Phi) is 4.13. The number of nitrogens with one attached hydrogen (secondary N) is 1. The first-order valence-electron chi connectivity index (χ1n) is 8.18. The van der Waals surface area contributed by atoms with Gasteiger partial charge in [0, 0.05) is 17.2 Å². The Morgan fingerprint density at radius 3 is 2.40 bits per heavy atom. The lowest BCUT2D eigenvalue weighted by molar-refractivity contribution is 0.155. The maximum atomic E-state index is 14.3. The number of hydrogen-bond acceptors (Lipinski definition) is 3. The van der Waals surface area contributed by atoms with E-state index in [1.165, 1.54) is 0 Å². The first kappa shape index (κ1) is 16.0. The quantitative estimate of drug-likeness (QED) is 0.908. The zero-order valence-corrected chi connectivity index (χ0v) is 13.4. The second-order valence-corrected chi connectivity index (χ2v) is 6.43. The molecule has 1 heterocycles. The van der Waals surface area contributed by atoms with Crippen molar-refractivity contribution in [3.63, 3.8) is 0 Å². The molecule has 2 fully saturated rings. The van der Waals surface area contributed by atoms with Gasteiger partial charge in [0.05, 0.1) is 13.2 Å². The van der Waals surface area contributed by atoms with Crippen LogP contribution in [0.15, 0.2) is 42.5 Å². The molecule has 0 aromatic heterocycles. The van der Waals surface area contributed by atoms with Crippen molar-refractivity contribution < 1.29 is 23.0 Å². The molecule has 1 saturated heterocycles. The maximum Gasteiger partial charge on any atom is 0.411 e. The van der Waals surface area contributed by atoms with Crippen molar-refractivity contribution in [2.75, 3.05) is 18.5 Å². The molecule has 0 bridgehead atoms. The summed E-state index contributed by atoms with van der Waals surface area (Å²) in [5.74, 6) is -0.986. The molecular formula is C19H17F2NO3. The summed E-state index contributed by atoms with van der Waals surface area (Å²) in [6, 6.07) is 11.4. The van der Waals surface area contributed by atoms with Crippen LogP contribution in [0.4, 0.5) is 19.3 Å². The molecule has 1 aliphatic carbocycles. The van der Waals surface area contributed by atoms with Crippen molar-refractivity contribution in [2.24, 2.45) is 11.8 Å². The van der Waals surface area contributed by atoms with E-state index in [2.05, 4.69) is 5.32 Å². The van der Waals surface area contributed by atoms with E-state index >= 15 is 0 Å². The minimum Gasteiger partial charge on any atom is -0.444 e. The topological polar surface area (TPSA) is 47.6 Å². The van der Waals surface area contributed by atoms with Crippen LogP contribution in [0.5, 0.6) is 0 Å². The van der Waals surface area contributed by atoms with E-state index in [4.69, 9.17) is 9.47 Å². The fourth-order valence-electron chi connectivity index (χ4n) is 3.52. The van der Waals surface area contributed by atoms with E-state index in [9.17, 15) is 13.6 Å². The highest BCUT2D eigenvalue weighted by atomic mass is 19.1. The van der Waals surface area contributed by atoms with Gasteiger partial charge in [-0.05, 0) is 29.5 Å². The molecule has 1 unspecified atom stereocenters. The molecule has 2 aliphatic rings. The molecule has 0 radical (unpaired) electrons. The van der Waals surface area contributed by atoms with E-state index in [1.54, 1.807) is 0 Å². The SMILES string of the molecule is O=C(Nc1cc(F)c(C2[C@H]3COC[C@@H]23)c(F)c1)OCc1ccccc1. The number of ether oxygens (including phenoxy) is 2. The second-order valence-electron chi connectivity index (χ2n) is 6.43. The van der Waals surface area contributed by atoms with Crippen LogP contribution in [0, 0.1) is 23.5 Å². The van der Waals surface area contributed by atoms with Crippen molar-refractivity contribution in [2.45, 2.75) is 12.5 Å². The summed E-state index contributed by atoms with van der Waals surface area (Å²) < 4.78 is 39.0. The Balaban J connectivity index is 1.40. The van der Waals surface area contributed by atoms with Crippen LogP contribution >= 0.6 is 0 Å². The summed E-state index contributed by atoms with van der Waals surface area (Å²) in [4.78, 5) is 11.8. The molecule has 1 aliphatic heterocycles. The van der Waals surface area contributed by atoms with E-state index in [0.29, 0.717) is 13.2 Å². The van der Waals surface area contributed by atoms with Gasteiger partial charge in [0.1, 0.15) is 18.2 Å². The minimum atomic E-state index is -0.757. The highest BCUT2D eigenvalue weighted by Crippen LogP contribution is 2.58. The summed E-state index contributed by atoms with van der Waals surface area (Å²) in [7, 11) is 0. The average Bonchev–Trinajstić information content (AvgIpc) is 3.03. The Labute approximate surface area is 143 Å². The van der Waals surface area contributed by atoms with Crippen molar-refractivity contribution in [3.05, 3.63) is 65.2 Å². The highest BCUT2D eigenvalue weighted by molar-refractivity contribution is 5.84. The third-order valence-electron chi connectivity index (χ3n) is 4.82. The van der Waals surface area contributed by atoms with Gasteiger partial charge >= 0.3 is 6.09 Å². The van der Waals surface area contributed by atoms with Crippen LogP contribution in [0.2, 0.25) is 0 Å². The van der Waals surface area contributed by atoms with Crippen molar-refractivity contribution >= 4 is 11.8 Å². The maximum absolute atomic E-state index is 14.3. The standard InChI is InChI=1S/C19H17F2NO3/c20-15-6-12(22-19(23)25-8-11-4-2-1-3-5-11)7-16(21)18(15)17-13-9-24-10-14(13)17/h1-7,13-14,17H,8-10H2,(H,22,23)/t13-,14+,17?. The number of halogens is 2. The fourth-order valence-corrected chi connectivity index (χ4v) is 3.52. The van der Waals surface area contributed by atoms with Crippen LogP contribution in [0.3, 0.4) is 0 Å². The lowest BCUT2D eigenvalue weighted by Crippen LogP contribution is -2.14. The van der Waals surface area contributed by atoms with Crippen LogP contribution in [-0.4, -0.2) is 19.3 Å². The van der Waals surface area contributed by atoms with Gasteiger partial charge in [-0.1, -0.05) is 30.3 Å². The number of benzene rings is 2. The molecule has 2 aromatic rings. The normalized spacial score (nSPS) is 23.8. The fraction of sp³-hybridized carbons (Fsp3) is 0.316. The summed E-state index contributed by atoms with van der Waals surface area (Å²) in [5.41, 5.74) is 0.966. The first-order chi connectivity index (χ1) is 12.1. The number of anilines is 1. The summed E-state index contributed by atoms with van der Waals surface area (Å²) in [6.45, 7) is 1.20. The third-order valence-corrected chi connectivity index (χ3v) is 4.82. The van der Waals surface area contributed by atoms with Gasteiger partial charge in [0.25, 0.3) is 0 Å². The van der Waals surface area contributed by atoms with Crippen molar-refractivity contribution in [1.82, 2.24) is 0 Å². The van der Waals surface area contributed by atoms with Gasteiger partial charge in [-0.2, -0.15) is 0 Å². The van der Waals surface area contributed by atoms with Gasteiger partial charge in [-0.25, -0.2) is 13.6 Å². The van der Waals surface area contributed by atoms with Gasteiger partial charge in [0.2, 0.25) is 0 Å². The van der Waals surface area contributed by atoms with Crippen LogP contribution in [0.1, 0.15) is 17.0 Å². The molecule has 3 atom stereocenters. The Morgan fingerprint density at radius 1 is 1.12 bits per heavy atom. The predicted octanol–water partition coefficient (Wildman–Crippen LogP) is 4.07. The van der Waals surface area contributed by atoms with Crippen molar-refractivity contribution in [1.29, 1.82) is 0 Å². The zero-order chi connectivity index (χ0) is 17.4. The minimum absolute atomic E-state index is 0.0406. The smallest absolute Gasteiger partial charge is 0.411 e. The van der Waals surface area contributed by atoms with E-state index < -0.39 is 17.7 Å². The molecule has 1 saturated carbocycles. The number of fused-ring (bicyclic) bond motifs is 1. The highest BCUT2D eigenvalue weighted by Gasteiger charge is 2.56. The molecule has 1 N–H and O–H groups in total. The lowest BCUT2D eigenvalue weighted by Gasteiger charge is -2.11. The average molecular weight is 345 g/mol. The van der Waals surface area contributed by atoms with Crippen LogP contribution in [0.25, 0.3) is 0 Å². The Morgan fingerprint density at radius 2 is 1.76 bits per heavy atom. The summed E-state index contributed by atoms with van der Waals surface area (Å²) in [6.07, 6.45) is -0.757.